The number of carbonyl (C=O) groups excluding carboxylic acids is 2. The number of rotatable bonds is 7. The number of ether oxygens (including phenoxy) is 2. The Hall–Kier alpha value is -2.48. The van der Waals surface area contributed by atoms with Crippen molar-refractivity contribution in [2.24, 2.45) is 0 Å². The SMILES string of the molecule is CCOC(=O)C(NC(=O)c1c(F)cccc1C(=O)O)OCC. The molecule has 22 heavy (non-hydrogen) atoms. The molecule has 0 saturated carbocycles. The third-order valence-corrected chi connectivity index (χ3v) is 2.57. The Morgan fingerprint density at radius 2 is 1.95 bits per heavy atom. The summed E-state index contributed by atoms with van der Waals surface area (Å²) in [5, 5.41) is 11.1. The molecular formula is C14H16FNO6. The van der Waals surface area contributed by atoms with E-state index in [9.17, 15) is 18.8 Å². The lowest BCUT2D eigenvalue weighted by molar-refractivity contribution is -0.158. The molecule has 1 rings (SSSR count). The van der Waals surface area contributed by atoms with Crippen LogP contribution in [0.1, 0.15) is 34.6 Å². The first-order chi connectivity index (χ1) is 10.4. The Balaban J connectivity index is 3.05. The molecule has 1 unspecified atom stereocenters. The molecule has 0 bridgehead atoms. The summed E-state index contributed by atoms with van der Waals surface area (Å²) in [6.45, 7) is 3.32. The number of nitrogens with one attached hydrogen (secondary N) is 1. The maximum absolute atomic E-state index is 13.8. The average molecular weight is 313 g/mol. The van der Waals surface area contributed by atoms with Crippen molar-refractivity contribution in [2.75, 3.05) is 13.2 Å². The number of carboxylic acid groups (broad SMARTS) is 1. The zero-order valence-corrected chi connectivity index (χ0v) is 12.1. The predicted molar refractivity (Wildman–Crippen MR) is 72.9 cm³/mol. The molecule has 7 nitrogen and oxygen atoms in total. The zero-order chi connectivity index (χ0) is 16.7. The maximum Gasteiger partial charge on any atom is 0.356 e. The second kappa shape index (κ2) is 8.08. The van der Waals surface area contributed by atoms with Crippen molar-refractivity contribution in [3.8, 4) is 0 Å². The fraction of sp³-hybridized carbons (Fsp3) is 0.357. The first-order valence-electron chi connectivity index (χ1n) is 6.53. The minimum atomic E-state index is -1.46. The summed E-state index contributed by atoms with van der Waals surface area (Å²) in [4.78, 5) is 34.8. The summed E-state index contributed by atoms with van der Waals surface area (Å²) in [6, 6.07) is 3.20. The van der Waals surface area contributed by atoms with Gasteiger partial charge in [-0.05, 0) is 26.0 Å². The quantitative estimate of drug-likeness (QED) is 0.579. The molecule has 0 aliphatic carbocycles. The van der Waals surface area contributed by atoms with Gasteiger partial charge in [0.15, 0.2) is 0 Å². The van der Waals surface area contributed by atoms with Gasteiger partial charge in [0, 0.05) is 6.61 Å². The maximum atomic E-state index is 13.8. The molecule has 0 saturated heterocycles. The van der Waals surface area contributed by atoms with Crippen LogP contribution in [0.5, 0.6) is 0 Å². The highest BCUT2D eigenvalue weighted by Crippen LogP contribution is 2.14. The topological polar surface area (TPSA) is 102 Å². The Kier molecular flexibility index (Phi) is 6.46. The first kappa shape index (κ1) is 17.6. The van der Waals surface area contributed by atoms with Crippen molar-refractivity contribution in [2.45, 2.75) is 20.1 Å². The van der Waals surface area contributed by atoms with E-state index in [1.54, 1.807) is 13.8 Å². The molecule has 0 aliphatic rings. The van der Waals surface area contributed by atoms with Gasteiger partial charge in [-0.25, -0.2) is 14.0 Å². The van der Waals surface area contributed by atoms with Gasteiger partial charge in [0.05, 0.1) is 17.7 Å². The highest BCUT2D eigenvalue weighted by atomic mass is 19.1. The number of hydrogen-bond donors (Lipinski definition) is 2. The Morgan fingerprint density at radius 3 is 2.50 bits per heavy atom. The summed E-state index contributed by atoms with van der Waals surface area (Å²) in [6.07, 6.45) is -1.45. The van der Waals surface area contributed by atoms with E-state index in [1.165, 1.54) is 6.07 Å². The molecule has 1 atom stereocenters. The molecule has 2 N–H and O–H groups in total. The van der Waals surface area contributed by atoms with Gasteiger partial charge in [-0.3, -0.25) is 4.79 Å². The summed E-state index contributed by atoms with van der Waals surface area (Å²) in [7, 11) is 0. The van der Waals surface area contributed by atoms with Crippen LogP contribution in [-0.2, 0) is 14.3 Å². The highest BCUT2D eigenvalue weighted by Gasteiger charge is 2.27. The minimum Gasteiger partial charge on any atom is -0.478 e. The Bertz CT molecular complexity index is 574. The summed E-state index contributed by atoms with van der Waals surface area (Å²) in [5.74, 6) is -4.42. The predicted octanol–water partition coefficient (Wildman–Crippen LogP) is 1.18. The van der Waals surface area contributed by atoms with E-state index < -0.39 is 41.0 Å². The number of hydrogen-bond acceptors (Lipinski definition) is 5. The molecule has 1 aromatic rings. The van der Waals surface area contributed by atoms with Gasteiger partial charge in [-0.15, -0.1) is 0 Å². The van der Waals surface area contributed by atoms with Crippen molar-refractivity contribution in [1.29, 1.82) is 0 Å². The summed E-state index contributed by atoms with van der Waals surface area (Å²) in [5.41, 5.74) is -1.19. The summed E-state index contributed by atoms with van der Waals surface area (Å²) >= 11 is 0. The van der Waals surface area contributed by atoms with Gasteiger partial charge >= 0.3 is 11.9 Å². The first-order valence-corrected chi connectivity index (χ1v) is 6.53. The van der Waals surface area contributed by atoms with Crippen molar-refractivity contribution >= 4 is 17.8 Å². The molecule has 0 fully saturated rings. The van der Waals surface area contributed by atoms with E-state index >= 15 is 0 Å². The van der Waals surface area contributed by atoms with Crippen LogP contribution >= 0.6 is 0 Å². The highest BCUT2D eigenvalue weighted by molar-refractivity contribution is 6.05. The lowest BCUT2D eigenvalue weighted by Gasteiger charge is -2.17. The average Bonchev–Trinajstić information content (AvgIpc) is 2.46. The van der Waals surface area contributed by atoms with Crippen molar-refractivity contribution in [3.63, 3.8) is 0 Å². The second-order valence-electron chi connectivity index (χ2n) is 4.03. The number of carboxylic acids is 1. The molecule has 0 radical (unpaired) electrons. The van der Waals surface area contributed by atoms with Crippen molar-refractivity contribution in [1.82, 2.24) is 5.32 Å². The molecule has 0 heterocycles. The van der Waals surface area contributed by atoms with Gasteiger partial charge in [-0.1, -0.05) is 6.07 Å². The Labute approximate surface area is 126 Å². The number of halogens is 1. The van der Waals surface area contributed by atoms with E-state index in [0.29, 0.717) is 0 Å². The molecular weight excluding hydrogens is 297 g/mol. The largest absolute Gasteiger partial charge is 0.478 e. The standard InChI is InChI=1S/C14H16FNO6/c1-3-21-12(14(20)22-4-2)16-11(17)10-8(13(18)19)6-5-7-9(10)15/h5-7,12H,3-4H2,1-2H3,(H,16,17)(H,18,19). The van der Waals surface area contributed by atoms with Gasteiger partial charge in [-0.2, -0.15) is 0 Å². The Morgan fingerprint density at radius 1 is 1.27 bits per heavy atom. The third kappa shape index (κ3) is 4.26. The van der Waals surface area contributed by atoms with Crippen LogP contribution in [-0.4, -0.2) is 42.4 Å². The molecule has 8 heteroatoms. The number of benzene rings is 1. The molecule has 1 aromatic carbocycles. The fourth-order valence-electron chi connectivity index (χ4n) is 1.68. The lowest BCUT2D eigenvalue weighted by Crippen LogP contribution is -2.44. The van der Waals surface area contributed by atoms with E-state index in [1.807, 2.05) is 0 Å². The van der Waals surface area contributed by atoms with Crippen LogP contribution in [0, 0.1) is 5.82 Å². The molecule has 0 aliphatic heterocycles. The van der Waals surface area contributed by atoms with Crippen LogP contribution < -0.4 is 5.32 Å². The van der Waals surface area contributed by atoms with E-state index in [0.717, 1.165) is 12.1 Å². The van der Waals surface area contributed by atoms with Gasteiger partial charge < -0.3 is 19.9 Å². The zero-order valence-electron chi connectivity index (χ0n) is 12.1. The van der Waals surface area contributed by atoms with Crippen LogP contribution in [0.2, 0.25) is 0 Å². The lowest BCUT2D eigenvalue weighted by atomic mass is 10.1. The van der Waals surface area contributed by atoms with E-state index in [2.05, 4.69) is 5.32 Å². The van der Waals surface area contributed by atoms with E-state index in [4.69, 9.17) is 14.6 Å². The number of carbonyl (C=O) groups is 3. The van der Waals surface area contributed by atoms with Crippen LogP contribution in [0.4, 0.5) is 4.39 Å². The van der Waals surface area contributed by atoms with Crippen LogP contribution in [0.25, 0.3) is 0 Å². The normalized spacial score (nSPS) is 11.6. The fourth-order valence-corrected chi connectivity index (χ4v) is 1.68. The number of aromatic carboxylic acids is 1. The summed E-state index contributed by atoms with van der Waals surface area (Å²) < 4.78 is 23.5. The second-order valence-corrected chi connectivity index (χ2v) is 4.03. The molecule has 1 amide bonds. The van der Waals surface area contributed by atoms with Gasteiger partial charge in [0.1, 0.15) is 5.82 Å². The smallest absolute Gasteiger partial charge is 0.356 e. The number of esters is 1. The third-order valence-electron chi connectivity index (χ3n) is 2.57. The molecule has 0 spiro atoms. The minimum absolute atomic E-state index is 0.0678. The van der Waals surface area contributed by atoms with Crippen LogP contribution in [0.3, 0.4) is 0 Å². The van der Waals surface area contributed by atoms with Crippen LogP contribution in [0.15, 0.2) is 18.2 Å². The van der Waals surface area contributed by atoms with Crippen molar-refractivity contribution in [3.05, 3.63) is 35.1 Å². The van der Waals surface area contributed by atoms with Gasteiger partial charge in [0.2, 0.25) is 6.23 Å². The molecule has 0 aromatic heterocycles. The molecule has 120 valence electrons. The number of amides is 1. The van der Waals surface area contributed by atoms with E-state index in [-0.39, 0.29) is 13.2 Å². The van der Waals surface area contributed by atoms with Gasteiger partial charge in [0.25, 0.3) is 5.91 Å². The van der Waals surface area contributed by atoms with Crippen molar-refractivity contribution < 1.29 is 33.4 Å². The monoisotopic (exact) mass is 313 g/mol.